The van der Waals surface area contributed by atoms with Crippen LogP contribution in [0.3, 0.4) is 0 Å². The van der Waals surface area contributed by atoms with E-state index in [9.17, 15) is 4.79 Å². The van der Waals surface area contributed by atoms with E-state index in [2.05, 4.69) is 36.1 Å². The zero-order valence-electron chi connectivity index (χ0n) is 16.2. The average Bonchev–Trinajstić information content (AvgIpc) is 3.09. The highest BCUT2D eigenvalue weighted by molar-refractivity contribution is 5.93. The van der Waals surface area contributed by atoms with Gasteiger partial charge in [-0.05, 0) is 32.1 Å². The number of hydrogen-bond acceptors (Lipinski definition) is 4. The Labute approximate surface area is 155 Å². The van der Waals surface area contributed by atoms with Crippen LogP contribution in [0.4, 0.5) is 0 Å². The number of aromatic nitrogens is 1. The van der Waals surface area contributed by atoms with E-state index >= 15 is 0 Å². The third-order valence-electron chi connectivity index (χ3n) is 5.16. The SMILES string of the molecule is Cc1ccc(-c2cc(C(=O)NCC(C)N3CC(C)CC(C)C3)no2)cc1. The molecule has 1 aromatic carbocycles. The van der Waals surface area contributed by atoms with Crippen molar-refractivity contribution < 1.29 is 9.32 Å². The van der Waals surface area contributed by atoms with Crippen LogP contribution >= 0.6 is 0 Å². The Hall–Kier alpha value is -2.14. The smallest absolute Gasteiger partial charge is 0.273 e. The monoisotopic (exact) mass is 355 g/mol. The first-order chi connectivity index (χ1) is 12.4. The summed E-state index contributed by atoms with van der Waals surface area (Å²) in [4.78, 5) is 14.9. The van der Waals surface area contributed by atoms with E-state index in [-0.39, 0.29) is 5.91 Å². The van der Waals surface area contributed by atoms with Crippen LogP contribution in [0.1, 0.15) is 43.2 Å². The van der Waals surface area contributed by atoms with E-state index in [1.807, 2.05) is 31.2 Å². The molecule has 3 rings (SSSR count). The lowest BCUT2D eigenvalue weighted by Crippen LogP contribution is -2.48. The molecular formula is C21H29N3O2. The van der Waals surface area contributed by atoms with Crippen molar-refractivity contribution in [2.75, 3.05) is 19.6 Å². The molecule has 2 aromatic rings. The van der Waals surface area contributed by atoms with Gasteiger partial charge in [-0.15, -0.1) is 0 Å². The number of hydrogen-bond donors (Lipinski definition) is 1. The maximum Gasteiger partial charge on any atom is 0.273 e. The summed E-state index contributed by atoms with van der Waals surface area (Å²) in [5.41, 5.74) is 2.43. The molecule has 5 nitrogen and oxygen atoms in total. The fourth-order valence-electron chi connectivity index (χ4n) is 3.77. The Kier molecular flexibility index (Phi) is 5.77. The summed E-state index contributed by atoms with van der Waals surface area (Å²) in [5, 5.41) is 6.93. The first-order valence-electron chi connectivity index (χ1n) is 9.48. The van der Waals surface area contributed by atoms with Crippen molar-refractivity contribution in [3.05, 3.63) is 41.6 Å². The predicted octanol–water partition coefficient (Wildman–Crippen LogP) is 3.75. The van der Waals surface area contributed by atoms with E-state index in [1.165, 1.54) is 12.0 Å². The number of amides is 1. The van der Waals surface area contributed by atoms with Gasteiger partial charge in [-0.3, -0.25) is 9.69 Å². The summed E-state index contributed by atoms with van der Waals surface area (Å²) >= 11 is 0. The molecule has 1 aliphatic rings. The molecule has 0 aliphatic carbocycles. The Balaban J connectivity index is 1.56. The van der Waals surface area contributed by atoms with E-state index in [4.69, 9.17) is 4.52 Å². The molecule has 3 atom stereocenters. The predicted molar refractivity (Wildman–Crippen MR) is 103 cm³/mol. The highest BCUT2D eigenvalue weighted by Gasteiger charge is 2.25. The lowest BCUT2D eigenvalue weighted by Gasteiger charge is -2.38. The molecule has 26 heavy (non-hydrogen) atoms. The van der Waals surface area contributed by atoms with Crippen molar-refractivity contribution >= 4 is 5.91 Å². The van der Waals surface area contributed by atoms with Gasteiger partial charge in [0.2, 0.25) is 0 Å². The molecule has 0 bridgehead atoms. The normalized spacial score (nSPS) is 22.2. The Morgan fingerprint density at radius 3 is 2.58 bits per heavy atom. The van der Waals surface area contributed by atoms with Gasteiger partial charge in [0.25, 0.3) is 5.91 Å². The number of piperidine rings is 1. The standard InChI is InChI=1S/C21H29N3O2/c1-14-5-7-18(8-6-14)20-10-19(23-26-20)21(25)22-11-17(4)24-12-15(2)9-16(3)13-24/h5-8,10,15-17H,9,11-13H2,1-4H3,(H,22,25). The minimum absolute atomic E-state index is 0.183. The van der Waals surface area contributed by atoms with Crippen LogP contribution in [0.25, 0.3) is 11.3 Å². The van der Waals surface area contributed by atoms with Crippen LogP contribution < -0.4 is 5.32 Å². The van der Waals surface area contributed by atoms with Gasteiger partial charge in [-0.1, -0.05) is 48.8 Å². The molecule has 3 unspecified atom stereocenters. The van der Waals surface area contributed by atoms with Gasteiger partial charge in [0, 0.05) is 37.3 Å². The first kappa shape index (κ1) is 18.6. The van der Waals surface area contributed by atoms with Crippen molar-refractivity contribution in [2.45, 2.75) is 40.2 Å². The molecule has 1 saturated heterocycles. The van der Waals surface area contributed by atoms with Gasteiger partial charge in [0.15, 0.2) is 11.5 Å². The quantitative estimate of drug-likeness (QED) is 0.887. The van der Waals surface area contributed by atoms with Crippen LogP contribution in [0.15, 0.2) is 34.9 Å². The molecule has 0 radical (unpaired) electrons. The molecule has 1 fully saturated rings. The number of aryl methyl sites for hydroxylation is 1. The zero-order chi connectivity index (χ0) is 18.7. The fourth-order valence-corrected chi connectivity index (χ4v) is 3.77. The summed E-state index contributed by atoms with van der Waals surface area (Å²) in [6.07, 6.45) is 1.29. The first-order valence-corrected chi connectivity index (χ1v) is 9.48. The van der Waals surface area contributed by atoms with Crippen molar-refractivity contribution in [3.8, 4) is 11.3 Å². The number of carbonyl (C=O) groups is 1. The van der Waals surface area contributed by atoms with E-state index in [1.54, 1.807) is 6.07 Å². The summed E-state index contributed by atoms with van der Waals surface area (Å²) in [5.74, 6) is 1.85. The van der Waals surface area contributed by atoms with Crippen LogP contribution in [0.2, 0.25) is 0 Å². The average molecular weight is 355 g/mol. The van der Waals surface area contributed by atoms with Gasteiger partial charge in [0.1, 0.15) is 0 Å². The molecule has 0 spiro atoms. The van der Waals surface area contributed by atoms with E-state index < -0.39 is 0 Å². The van der Waals surface area contributed by atoms with Crippen molar-refractivity contribution in [1.29, 1.82) is 0 Å². The summed E-state index contributed by atoms with van der Waals surface area (Å²) in [7, 11) is 0. The molecular weight excluding hydrogens is 326 g/mol. The topological polar surface area (TPSA) is 58.4 Å². The Morgan fingerprint density at radius 1 is 1.27 bits per heavy atom. The van der Waals surface area contributed by atoms with Crippen molar-refractivity contribution in [1.82, 2.24) is 15.4 Å². The van der Waals surface area contributed by atoms with Crippen LogP contribution in [-0.2, 0) is 0 Å². The van der Waals surface area contributed by atoms with Gasteiger partial charge in [-0.25, -0.2) is 0 Å². The van der Waals surface area contributed by atoms with Crippen molar-refractivity contribution in [2.24, 2.45) is 11.8 Å². The van der Waals surface area contributed by atoms with E-state index in [0.717, 1.165) is 18.7 Å². The number of benzene rings is 1. The molecule has 1 aliphatic heterocycles. The third kappa shape index (κ3) is 4.52. The summed E-state index contributed by atoms with van der Waals surface area (Å²) in [6, 6.07) is 9.99. The molecule has 1 amide bonds. The zero-order valence-corrected chi connectivity index (χ0v) is 16.2. The van der Waals surface area contributed by atoms with Crippen LogP contribution in [-0.4, -0.2) is 41.6 Å². The maximum atomic E-state index is 12.4. The fraction of sp³-hybridized carbons (Fsp3) is 0.524. The maximum absolute atomic E-state index is 12.4. The number of likely N-dealkylation sites (tertiary alicyclic amines) is 1. The summed E-state index contributed by atoms with van der Waals surface area (Å²) in [6.45, 7) is 11.6. The lowest BCUT2D eigenvalue weighted by atomic mass is 9.91. The van der Waals surface area contributed by atoms with E-state index in [0.29, 0.717) is 35.9 Å². The molecule has 2 heterocycles. The molecule has 5 heteroatoms. The van der Waals surface area contributed by atoms with Crippen molar-refractivity contribution in [3.63, 3.8) is 0 Å². The van der Waals surface area contributed by atoms with Gasteiger partial charge in [-0.2, -0.15) is 0 Å². The van der Waals surface area contributed by atoms with Gasteiger partial charge in [0.05, 0.1) is 0 Å². The van der Waals surface area contributed by atoms with Crippen LogP contribution in [0.5, 0.6) is 0 Å². The number of nitrogens with one attached hydrogen (secondary N) is 1. The second-order valence-corrected chi connectivity index (χ2v) is 7.90. The van der Waals surface area contributed by atoms with Gasteiger partial charge >= 0.3 is 0 Å². The second kappa shape index (κ2) is 8.04. The minimum atomic E-state index is -0.183. The van der Waals surface area contributed by atoms with Crippen LogP contribution in [0, 0.1) is 18.8 Å². The second-order valence-electron chi connectivity index (χ2n) is 7.90. The molecule has 0 saturated carbocycles. The highest BCUT2D eigenvalue weighted by Crippen LogP contribution is 2.23. The lowest BCUT2D eigenvalue weighted by molar-refractivity contribution is 0.0862. The molecule has 1 aromatic heterocycles. The summed E-state index contributed by atoms with van der Waals surface area (Å²) < 4.78 is 5.34. The Morgan fingerprint density at radius 2 is 1.92 bits per heavy atom. The number of rotatable bonds is 5. The minimum Gasteiger partial charge on any atom is -0.355 e. The number of nitrogens with zero attached hydrogens (tertiary/aromatic N) is 2. The Bertz CT molecular complexity index is 728. The number of carbonyl (C=O) groups excluding carboxylic acids is 1. The largest absolute Gasteiger partial charge is 0.355 e. The molecule has 140 valence electrons. The van der Waals surface area contributed by atoms with Gasteiger partial charge < -0.3 is 9.84 Å². The molecule has 1 N–H and O–H groups in total. The highest BCUT2D eigenvalue weighted by atomic mass is 16.5. The third-order valence-corrected chi connectivity index (χ3v) is 5.16.